The molecule has 1 nitrogen and oxygen atoms in total. The Hall–Kier alpha value is -0.980. The van der Waals surface area contributed by atoms with Gasteiger partial charge < -0.3 is 5.11 Å². The maximum atomic E-state index is 11.3. The molecule has 1 rings (SSSR count). The number of benzene rings is 1. The zero-order chi connectivity index (χ0) is 30.2. The minimum Gasteiger partial charge on any atom is -0.507 e. The molecular formula is C18H30O. The van der Waals surface area contributed by atoms with Crippen LogP contribution < -0.4 is 0 Å². The van der Waals surface area contributed by atoms with Crippen LogP contribution in [0.3, 0.4) is 0 Å². The SMILES string of the molecule is [2H]C([2H])([2H])C(c1cc(C(C)(C)C)cc(C(C([2H])([2H])[2H])(C([2H])([2H])[2H])C([2H])([2H])[2H])c1O)(C([2H])([2H])[2H])C([2H])([2H])[2H]. The summed E-state index contributed by atoms with van der Waals surface area (Å²) in [6.07, 6.45) is 0. The van der Waals surface area contributed by atoms with E-state index in [1.165, 1.54) is 20.8 Å². The molecule has 19 heavy (non-hydrogen) atoms. The molecule has 0 fully saturated rings. The van der Waals surface area contributed by atoms with Crippen molar-refractivity contribution in [2.75, 3.05) is 0 Å². The molecule has 0 aromatic heterocycles. The molecule has 0 aliphatic rings. The van der Waals surface area contributed by atoms with Gasteiger partial charge in [0.1, 0.15) is 5.75 Å². The zero-order valence-corrected chi connectivity index (χ0v) is 11.1. The van der Waals surface area contributed by atoms with Crippen LogP contribution in [0.15, 0.2) is 12.1 Å². The van der Waals surface area contributed by atoms with Crippen LogP contribution in [0.25, 0.3) is 0 Å². The Labute approximate surface area is 144 Å². The van der Waals surface area contributed by atoms with Gasteiger partial charge in [-0.15, -0.1) is 0 Å². The molecule has 0 amide bonds. The van der Waals surface area contributed by atoms with E-state index < -0.39 is 74.2 Å². The Morgan fingerprint density at radius 1 is 0.789 bits per heavy atom. The van der Waals surface area contributed by atoms with Crippen molar-refractivity contribution in [3.63, 3.8) is 0 Å². The summed E-state index contributed by atoms with van der Waals surface area (Å²) in [7, 11) is 0. The number of aromatic hydroxyl groups is 1. The fraction of sp³-hybridized carbons (Fsp3) is 0.667. The topological polar surface area (TPSA) is 20.2 Å². The highest BCUT2D eigenvalue weighted by Crippen LogP contribution is 2.41. The van der Waals surface area contributed by atoms with Crippen molar-refractivity contribution in [3.8, 4) is 5.75 Å². The summed E-state index contributed by atoms with van der Waals surface area (Å²) in [5.74, 6) is -1.65. The lowest BCUT2D eigenvalue weighted by Crippen LogP contribution is -2.21. The number of phenols is 1. The van der Waals surface area contributed by atoms with Crippen molar-refractivity contribution in [2.45, 2.75) is 78.1 Å². The summed E-state index contributed by atoms with van der Waals surface area (Å²) in [5.41, 5.74) is -11.7. The maximum Gasteiger partial charge on any atom is 0.123 e. The van der Waals surface area contributed by atoms with Crippen LogP contribution in [0, 0.1) is 0 Å². The third-order valence-electron chi connectivity index (χ3n) is 2.78. The molecule has 0 radical (unpaired) electrons. The molecule has 0 spiro atoms. The Bertz CT molecular complexity index is 848. The highest BCUT2D eigenvalue weighted by molar-refractivity contribution is 5.51. The van der Waals surface area contributed by atoms with Crippen LogP contribution in [0.4, 0.5) is 0 Å². The molecule has 1 heteroatoms. The highest BCUT2D eigenvalue weighted by Gasteiger charge is 2.28. The van der Waals surface area contributed by atoms with Gasteiger partial charge in [0.25, 0.3) is 0 Å². The Morgan fingerprint density at radius 2 is 1.16 bits per heavy atom. The van der Waals surface area contributed by atoms with E-state index in [-0.39, 0.29) is 5.56 Å². The first-order valence-electron chi connectivity index (χ1n) is 14.6. The molecule has 0 aliphatic carbocycles. The average molecular weight is 281 g/mol. The van der Waals surface area contributed by atoms with Gasteiger partial charge in [-0.3, -0.25) is 0 Å². The van der Waals surface area contributed by atoms with E-state index in [1.807, 2.05) is 0 Å². The molecule has 1 N–H and O–H groups in total. The fourth-order valence-corrected chi connectivity index (χ4v) is 1.64. The van der Waals surface area contributed by atoms with E-state index in [4.69, 9.17) is 24.7 Å². The molecule has 0 atom stereocenters. The van der Waals surface area contributed by atoms with E-state index in [1.54, 1.807) is 0 Å². The minimum atomic E-state index is -3.91. The van der Waals surface area contributed by atoms with E-state index in [9.17, 15) is 5.11 Å². The van der Waals surface area contributed by atoms with Gasteiger partial charge in [0.15, 0.2) is 0 Å². The molecule has 0 saturated carbocycles. The van der Waals surface area contributed by atoms with Crippen LogP contribution in [0.1, 0.15) is 103 Å². The van der Waals surface area contributed by atoms with E-state index in [0.717, 1.165) is 12.1 Å². The Balaban J connectivity index is 4.86. The lowest BCUT2D eigenvalue weighted by molar-refractivity contribution is 0.421. The normalized spacial score (nSPS) is 31.7. The van der Waals surface area contributed by atoms with Crippen LogP contribution in [0.5, 0.6) is 5.75 Å². The Morgan fingerprint density at radius 3 is 1.42 bits per heavy atom. The number of phenolic OH excluding ortho intramolecular Hbond substituents is 1. The van der Waals surface area contributed by atoms with Crippen molar-refractivity contribution in [2.24, 2.45) is 0 Å². The third kappa shape index (κ3) is 3.52. The van der Waals surface area contributed by atoms with Crippen LogP contribution >= 0.6 is 0 Å². The second-order valence-corrected chi connectivity index (χ2v) is 5.67. The molecule has 0 aliphatic heterocycles. The Kier molecular flexibility index (Phi) is 0.961. The molecular weight excluding hydrogens is 232 g/mol. The van der Waals surface area contributed by atoms with Gasteiger partial charge in [0.05, 0.1) is 0 Å². The summed E-state index contributed by atoms with van der Waals surface area (Å²) in [6, 6.07) is 1.49. The number of hydrogen-bond donors (Lipinski definition) is 1. The summed E-state index contributed by atoms with van der Waals surface area (Å²) < 4.78 is 144. The number of hydrogen-bond acceptors (Lipinski definition) is 1. The minimum absolute atomic E-state index is 0.195. The lowest BCUT2D eigenvalue weighted by Gasteiger charge is -2.31. The van der Waals surface area contributed by atoms with E-state index in [2.05, 4.69) is 0 Å². The molecule has 108 valence electrons. The smallest absolute Gasteiger partial charge is 0.123 e. The predicted octanol–water partition coefficient (Wildman–Crippen LogP) is 5.28. The van der Waals surface area contributed by atoms with Crippen molar-refractivity contribution >= 4 is 0 Å². The first-order valence-corrected chi connectivity index (χ1v) is 5.63. The second kappa shape index (κ2) is 4.54. The van der Waals surface area contributed by atoms with Gasteiger partial charge >= 0.3 is 0 Å². The first kappa shape index (κ1) is 4.02. The zero-order valence-electron chi connectivity index (χ0n) is 29.1. The summed E-state index contributed by atoms with van der Waals surface area (Å²) in [5, 5.41) is 11.3. The number of rotatable bonds is 0. The second-order valence-electron chi connectivity index (χ2n) is 5.67. The molecule has 0 heterocycles. The average Bonchev–Trinajstić information content (AvgIpc) is 2.49. The maximum absolute atomic E-state index is 11.3. The molecule has 0 unspecified atom stereocenters. The molecule has 1 aromatic rings. The van der Waals surface area contributed by atoms with Crippen molar-refractivity contribution in [1.29, 1.82) is 0 Å². The molecule has 0 bridgehead atoms. The molecule has 1 aromatic carbocycles. The van der Waals surface area contributed by atoms with Crippen LogP contribution in [0.2, 0.25) is 0 Å². The van der Waals surface area contributed by atoms with Crippen molar-refractivity contribution in [3.05, 3.63) is 28.8 Å². The van der Waals surface area contributed by atoms with Gasteiger partial charge in [-0.25, -0.2) is 0 Å². The predicted molar refractivity (Wildman–Crippen MR) is 84.2 cm³/mol. The highest BCUT2D eigenvalue weighted by atomic mass is 16.3. The largest absolute Gasteiger partial charge is 0.507 e. The molecule has 0 saturated heterocycles. The van der Waals surface area contributed by atoms with E-state index in [0.29, 0.717) is 0 Å². The van der Waals surface area contributed by atoms with E-state index >= 15 is 0 Å². The monoisotopic (exact) mass is 280 g/mol. The third-order valence-corrected chi connectivity index (χ3v) is 2.78. The van der Waals surface area contributed by atoms with Gasteiger partial charge in [-0.2, -0.15) is 0 Å². The van der Waals surface area contributed by atoms with Gasteiger partial charge in [-0.05, 0) is 32.9 Å². The standard InChI is InChI=1S/C18H30O/c1-16(2,3)12-10-13(17(4,5)6)15(19)14(11-12)18(7,8)9/h10-11,19H,1-9H3/i4D3,5D3,6D3,7D3,8D3,9D3. The van der Waals surface area contributed by atoms with Crippen molar-refractivity contribution in [1.82, 2.24) is 0 Å². The summed E-state index contributed by atoms with van der Waals surface area (Å²) in [6.45, 7) is -19.0. The van der Waals surface area contributed by atoms with Gasteiger partial charge in [-0.1, -0.05) is 74.0 Å². The fourth-order valence-electron chi connectivity index (χ4n) is 1.64. The summed E-state index contributed by atoms with van der Waals surface area (Å²) in [4.78, 5) is 0. The van der Waals surface area contributed by atoms with Crippen molar-refractivity contribution < 1.29 is 29.8 Å². The van der Waals surface area contributed by atoms with Crippen LogP contribution in [-0.2, 0) is 16.2 Å². The quantitative estimate of drug-likeness (QED) is 0.685. The lowest BCUT2D eigenvalue weighted by atomic mass is 9.75. The van der Waals surface area contributed by atoms with Crippen LogP contribution in [-0.4, -0.2) is 5.11 Å². The first-order chi connectivity index (χ1) is 15.7. The van der Waals surface area contributed by atoms with Gasteiger partial charge in [0.2, 0.25) is 0 Å². The summed E-state index contributed by atoms with van der Waals surface area (Å²) >= 11 is 0. The van der Waals surface area contributed by atoms with Gasteiger partial charge in [0, 0.05) is 24.7 Å².